The van der Waals surface area contributed by atoms with Gasteiger partial charge in [0.05, 0.1) is 12.5 Å². The number of rotatable bonds is 8. The van der Waals surface area contributed by atoms with Gasteiger partial charge in [-0.3, -0.25) is 0 Å². The average molecular weight is 275 g/mol. The van der Waals surface area contributed by atoms with E-state index in [4.69, 9.17) is 10.00 Å². The van der Waals surface area contributed by atoms with E-state index in [0.717, 1.165) is 18.2 Å². The summed E-state index contributed by atoms with van der Waals surface area (Å²) >= 11 is 0. The molecule has 0 saturated heterocycles. The van der Waals surface area contributed by atoms with Crippen LogP contribution in [0.15, 0.2) is 6.07 Å². The molecule has 0 atom stereocenters. The van der Waals surface area contributed by atoms with Gasteiger partial charge in [0.15, 0.2) is 5.82 Å². The van der Waals surface area contributed by atoms with Crippen LogP contribution < -0.4 is 10.2 Å². The zero-order valence-electron chi connectivity index (χ0n) is 12.1. The summed E-state index contributed by atoms with van der Waals surface area (Å²) in [5.41, 5.74) is 0. The van der Waals surface area contributed by atoms with Crippen LogP contribution in [0.4, 0.5) is 11.6 Å². The van der Waals surface area contributed by atoms with Crippen molar-refractivity contribution in [2.45, 2.75) is 38.8 Å². The SMILES string of the molecule is CCOCc1nc(NC)cc(N(CCC#N)C2CC2)n1. The predicted molar refractivity (Wildman–Crippen MR) is 77.5 cm³/mol. The van der Waals surface area contributed by atoms with E-state index >= 15 is 0 Å². The van der Waals surface area contributed by atoms with E-state index in [1.165, 1.54) is 12.8 Å². The van der Waals surface area contributed by atoms with Crippen LogP contribution in [0.25, 0.3) is 0 Å². The molecule has 1 aromatic rings. The molecule has 6 nitrogen and oxygen atoms in total. The van der Waals surface area contributed by atoms with E-state index in [-0.39, 0.29) is 0 Å². The maximum atomic E-state index is 8.79. The molecule has 1 heterocycles. The summed E-state index contributed by atoms with van der Waals surface area (Å²) in [6.45, 7) is 3.72. The molecule has 1 aromatic heterocycles. The second-order valence-corrected chi connectivity index (χ2v) is 4.75. The zero-order valence-corrected chi connectivity index (χ0v) is 12.1. The maximum Gasteiger partial charge on any atom is 0.158 e. The third-order valence-electron chi connectivity index (χ3n) is 3.20. The minimum absolute atomic E-state index is 0.412. The predicted octanol–water partition coefficient (Wildman–Crippen LogP) is 1.94. The summed E-state index contributed by atoms with van der Waals surface area (Å²) in [5, 5.41) is 11.9. The van der Waals surface area contributed by atoms with Crippen molar-refractivity contribution in [1.82, 2.24) is 9.97 Å². The summed E-state index contributed by atoms with van der Waals surface area (Å²) < 4.78 is 5.39. The van der Waals surface area contributed by atoms with Crippen LogP contribution in [0.3, 0.4) is 0 Å². The highest BCUT2D eigenvalue weighted by atomic mass is 16.5. The maximum absolute atomic E-state index is 8.79. The molecule has 1 aliphatic rings. The second-order valence-electron chi connectivity index (χ2n) is 4.75. The normalized spacial score (nSPS) is 13.8. The summed E-state index contributed by atoms with van der Waals surface area (Å²) in [4.78, 5) is 11.2. The number of hydrogen-bond donors (Lipinski definition) is 1. The van der Waals surface area contributed by atoms with Crippen LogP contribution in [0, 0.1) is 11.3 Å². The molecule has 0 aromatic carbocycles. The standard InChI is InChI=1S/C14H21N5O/c1-3-20-10-13-17-12(16-2)9-14(18-13)19(8-4-7-15)11-5-6-11/h9,11H,3-6,8,10H2,1-2H3,(H,16,17,18). The first-order valence-electron chi connectivity index (χ1n) is 7.05. The molecule has 0 aliphatic heterocycles. The lowest BCUT2D eigenvalue weighted by Crippen LogP contribution is -2.28. The van der Waals surface area contributed by atoms with E-state index in [9.17, 15) is 0 Å². The molecule has 20 heavy (non-hydrogen) atoms. The lowest BCUT2D eigenvalue weighted by molar-refractivity contribution is 0.128. The third-order valence-corrected chi connectivity index (χ3v) is 3.20. The van der Waals surface area contributed by atoms with E-state index in [1.54, 1.807) is 0 Å². The highest BCUT2D eigenvalue weighted by molar-refractivity contribution is 5.50. The first-order valence-corrected chi connectivity index (χ1v) is 7.05. The fraction of sp³-hybridized carbons (Fsp3) is 0.643. The molecule has 0 bridgehead atoms. The van der Waals surface area contributed by atoms with Crippen LogP contribution >= 0.6 is 0 Å². The van der Waals surface area contributed by atoms with Gasteiger partial charge in [-0.2, -0.15) is 5.26 Å². The van der Waals surface area contributed by atoms with Gasteiger partial charge < -0.3 is 15.0 Å². The highest BCUT2D eigenvalue weighted by Gasteiger charge is 2.30. The van der Waals surface area contributed by atoms with Gasteiger partial charge in [-0.1, -0.05) is 0 Å². The van der Waals surface area contributed by atoms with Crippen molar-refractivity contribution in [3.05, 3.63) is 11.9 Å². The number of hydrogen-bond acceptors (Lipinski definition) is 6. The van der Waals surface area contributed by atoms with Gasteiger partial charge in [0.2, 0.25) is 0 Å². The van der Waals surface area contributed by atoms with Crippen LogP contribution in [-0.2, 0) is 11.3 Å². The fourth-order valence-corrected chi connectivity index (χ4v) is 2.06. The second kappa shape index (κ2) is 7.06. The quantitative estimate of drug-likeness (QED) is 0.781. The van der Waals surface area contributed by atoms with Gasteiger partial charge in [0.25, 0.3) is 0 Å². The van der Waals surface area contributed by atoms with Gasteiger partial charge >= 0.3 is 0 Å². The van der Waals surface area contributed by atoms with Gasteiger partial charge in [-0.25, -0.2) is 9.97 Å². The Balaban J connectivity index is 2.20. The molecule has 0 spiro atoms. The first kappa shape index (κ1) is 14.5. The van der Waals surface area contributed by atoms with E-state index in [1.807, 2.05) is 20.0 Å². The molecule has 108 valence electrons. The molecule has 1 fully saturated rings. The smallest absolute Gasteiger partial charge is 0.158 e. The van der Waals surface area contributed by atoms with Crippen molar-refractivity contribution in [3.63, 3.8) is 0 Å². The van der Waals surface area contributed by atoms with Crippen LogP contribution in [0.2, 0.25) is 0 Å². The average Bonchev–Trinajstić information content (AvgIpc) is 3.30. The van der Waals surface area contributed by atoms with Crippen molar-refractivity contribution in [3.8, 4) is 6.07 Å². The Bertz CT molecular complexity index is 481. The van der Waals surface area contributed by atoms with E-state index in [2.05, 4.69) is 26.3 Å². The summed E-state index contributed by atoms with van der Waals surface area (Å²) in [6.07, 6.45) is 2.85. The number of anilines is 2. The Labute approximate surface area is 119 Å². The molecular weight excluding hydrogens is 254 g/mol. The van der Waals surface area contributed by atoms with E-state index in [0.29, 0.717) is 31.5 Å². The number of nitrogens with one attached hydrogen (secondary N) is 1. The molecule has 2 rings (SSSR count). The lowest BCUT2D eigenvalue weighted by Gasteiger charge is -2.23. The number of ether oxygens (including phenoxy) is 1. The van der Waals surface area contributed by atoms with Gasteiger partial charge in [-0.15, -0.1) is 0 Å². The lowest BCUT2D eigenvalue weighted by atomic mass is 10.3. The summed E-state index contributed by atoms with van der Waals surface area (Å²) in [7, 11) is 1.84. The Kier molecular flexibility index (Phi) is 5.13. The molecular formula is C14H21N5O. The van der Waals surface area contributed by atoms with Crippen molar-refractivity contribution < 1.29 is 4.74 Å². The Hall–Kier alpha value is -1.87. The van der Waals surface area contributed by atoms with Crippen molar-refractivity contribution >= 4 is 11.6 Å². The third kappa shape index (κ3) is 3.81. The van der Waals surface area contributed by atoms with Gasteiger partial charge in [0.1, 0.15) is 18.2 Å². The molecule has 6 heteroatoms. The van der Waals surface area contributed by atoms with Gasteiger partial charge in [-0.05, 0) is 19.8 Å². The first-order chi connectivity index (χ1) is 9.78. The van der Waals surface area contributed by atoms with Crippen LogP contribution in [-0.4, -0.2) is 36.2 Å². The van der Waals surface area contributed by atoms with Crippen LogP contribution in [0.1, 0.15) is 32.0 Å². The van der Waals surface area contributed by atoms with Crippen LogP contribution in [0.5, 0.6) is 0 Å². The number of aromatic nitrogens is 2. The topological polar surface area (TPSA) is 74.1 Å². The molecule has 0 unspecified atom stereocenters. The van der Waals surface area contributed by atoms with Crippen molar-refractivity contribution in [1.29, 1.82) is 5.26 Å². The van der Waals surface area contributed by atoms with Crippen molar-refractivity contribution in [2.24, 2.45) is 0 Å². The molecule has 1 N–H and O–H groups in total. The highest BCUT2D eigenvalue weighted by Crippen LogP contribution is 2.31. The molecule has 0 amide bonds. The fourth-order valence-electron chi connectivity index (χ4n) is 2.06. The minimum Gasteiger partial charge on any atom is -0.374 e. The Morgan fingerprint density at radius 1 is 1.50 bits per heavy atom. The molecule has 1 aliphatic carbocycles. The van der Waals surface area contributed by atoms with Crippen molar-refractivity contribution in [2.75, 3.05) is 30.4 Å². The Morgan fingerprint density at radius 3 is 2.90 bits per heavy atom. The monoisotopic (exact) mass is 275 g/mol. The number of nitriles is 1. The summed E-state index contributed by atoms with van der Waals surface area (Å²) in [6, 6.07) is 4.65. The number of nitrogens with zero attached hydrogens (tertiary/aromatic N) is 4. The Morgan fingerprint density at radius 2 is 2.30 bits per heavy atom. The zero-order chi connectivity index (χ0) is 14.4. The minimum atomic E-state index is 0.412. The molecule has 1 saturated carbocycles. The van der Waals surface area contributed by atoms with Gasteiger partial charge in [0, 0.05) is 32.3 Å². The van der Waals surface area contributed by atoms with E-state index < -0.39 is 0 Å². The molecule has 0 radical (unpaired) electrons. The summed E-state index contributed by atoms with van der Waals surface area (Å²) in [5.74, 6) is 2.35. The largest absolute Gasteiger partial charge is 0.374 e.